The lowest BCUT2D eigenvalue weighted by Crippen LogP contribution is -2.52. The maximum atomic E-state index is 13.0. The van der Waals surface area contributed by atoms with E-state index in [2.05, 4.69) is 54.0 Å². The minimum absolute atomic E-state index is 0.105. The summed E-state index contributed by atoms with van der Waals surface area (Å²) in [4.78, 5) is 38.4. The van der Waals surface area contributed by atoms with E-state index in [1.807, 2.05) is 6.07 Å². The van der Waals surface area contributed by atoms with Crippen LogP contribution in [0.4, 0.5) is 0 Å². The van der Waals surface area contributed by atoms with Crippen molar-refractivity contribution in [3.05, 3.63) is 70.3 Å². The smallest absolute Gasteiger partial charge is 0.255 e. The van der Waals surface area contributed by atoms with Gasteiger partial charge in [-0.2, -0.15) is 0 Å². The van der Waals surface area contributed by atoms with Crippen molar-refractivity contribution in [2.45, 2.75) is 77.0 Å². The van der Waals surface area contributed by atoms with Gasteiger partial charge in [0.1, 0.15) is 6.04 Å². The molecule has 6 nitrogen and oxygen atoms in total. The molecule has 2 N–H and O–H groups in total. The van der Waals surface area contributed by atoms with Crippen LogP contribution >= 0.6 is 0 Å². The Morgan fingerprint density at radius 3 is 2.53 bits per heavy atom. The number of fused-ring (bicyclic) bond motifs is 1. The molecule has 1 unspecified atom stereocenters. The predicted octanol–water partition coefficient (Wildman–Crippen LogP) is 3.65. The number of imide groups is 1. The molecule has 178 valence electrons. The third-order valence-corrected chi connectivity index (χ3v) is 7.68. The number of rotatable bonds is 6. The summed E-state index contributed by atoms with van der Waals surface area (Å²) in [5.74, 6) is -0.153. The summed E-state index contributed by atoms with van der Waals surface area (Å²) in [5, 5.41) is 6.18. The molecule has 3 atom stereocenters. The zero-order valence-corrected chi connectivity index (χ0v) is 19.8. The fraction of sp³-hybridized carbons (Fsp3) is 0.464. The molecular formula is C28H33N3O3. The molecule has 0 bridgehead atoms. The Hall–Kier alpha value is -2.99. The molecule has 1 saturated carbocycles. The second kappa shape index (κ2) is 9.71. The van der Waals surface area contributed by atoms with Crippen LogP contribution in [0, 0.1) is 12.8 Å². The van der Waals surface area contributed by atoms with Crippen LogP contribution < -0.4 is 10.6 Å². The molecule has 1 aliphatic carbocycles. The number of benzene rings is 2. The van der Waals surface area contributed by atoms with E-state index >= 15 is 0 Å². The van der Waals surface area contributed by atoms with Gasteiger partial charge in [-0.3, -0.25) is 19.7 Å². The number of carbonyl (C=O) groups excluding carboxylic acids is 3. The van der Waals surface area contributed by atoms with Crippen LogP contribution in [0.5, 0.6) is 0 Å². The molecular weight excluding hydrogens is 426 g/mol. The SMILES string of the molecule is Cc1ccc(CN[C@H]2CCCC[C@@H]2Cc2ccc3c(c2)CN(C2CCC(=O)NC2=O)C3=O)cc1. The lowest BCUT2D eigenvalue weighted by Gasteiger charge is -2.33. The zero-order chi connectivity index (χ0) is 23.7. The Balaban J connectivity index is 1.24. The number of hydrogen-bond acceptors (Lipinski definition) is 4. The average molecular weight is 460 g/mol. The lowest BCUT2D eigenvalue weighted by atomic mass is 9.80. The van der Waals surface area contributed by atoms with Crippen LogP contribution in [0.2, 0.25) is 0 Å². The van der Waals surface area contributed by atoms with E-state index in [0.717, 1.165) is 18.5 Å². The normalized spacial score (nSPS) is 24.8. The third kappa shape index (κ3) is 4.78. The van der Waals surface area contributed by atoms with Crippen LogP contribution in [0.15, 0.2) is 42.5 Å². The van der Waals surface area contributed by atoms with Crippen molar-refractivity contribution in [2.75, 3.05) is 0 Å². The Morgan fingerprint density at radius 2 is 1.74 bits per heavy atom. The number of nitrogens with one attached hydrogen (secondary N) is 2. The molecule has 2 aromatic carbocycles. The summed E-state index contributed by atoms with van der Waals surface area (Å²) in [6.07, 6.45) is 6.61. The van der Waals surface area contributed by atoms with Crippen molar-refractivity contribution >= 4 is 17.7 Å². The summed E-state index contributed by atoms with van der Waals surface area (Å²) in [7, 11) is 0. The summed E-state index contributed by atoms with van der Waals surface area (Å²) < 4.78 is 0. The summed E-state index contributed by atoms with van der Waals surface area (Å²) in [6, 6.07) is 14.8. The van der Waals surface area contributed by atoms with E-state index in [-0.39, 0.29) is 24.1 Å². The summed E-state index contributed by atoms with van der Waals surface area (Å²) in [6.45, 7) is 3.44. The van der Waals surface area contributed by atoms with Gasteiger partial charge in [-0.15, -0.1) is 0 Å². The molecule has 3 aliphatic rings. The summed E-state index contributed by atoms with van der Waals surface area (Å²) >= 11 is 0. The molecule has 0 aromatic heterocycles. The number of nitrogens with zero attached hydrogens (tertiary/aromatic N) is 1. The van der Waals surface area contributed by atoms with Gasteiger partial charge in [0.25, 0.3) is 5.91 Å². The van der Waals surface area contributed by atoms with E-state index in [4.69, 9.17) is 0 Å². The van der Waals surface area contributed by atoms with E-state index in [0.29, 0.717) is 30.5 Å². The molecule has 2 aliphatic heterocycles. The predicted molar refractivity (Wildman–Crippen MR) is 130 cm³/mol. The van der Waals surface area contributed by atoms with Gasteiger partial charge in [-0.1, -0.05) is 54.8 Å². The standard InChI is InChI=1S/C28H33N3O3/c1-18-6-8-19(9-7-18)16-29-24-5-3-2-4-21(24)14-20-10-11-23-22(15-20)17-31(28(23)34)25-12-13-26(32)30-27(25)33/h6-11,15,21,24-25,29H,2-5,12-14,16-17H2,1H3,(H,30,32,33)/t21-,24+,25?/m1/s1. The van der Waals surface area contributed by atoms with Gasteiger partial charge < -0.3 is 10.2 Å². The van der Waals surface area contributed by atoms with Crippen molar-refractivity contribution in [1.29, 1.82) is 0 Å². The molecule has 2 heterocycles. The third-order valence-electron chi connectivity index (χ3n) is 7.68. The number of amides is 3. The van der Waals surface area contributed by atoms with Gasteiger partial charge in [-0.05, 0) is 61.3 Å². The van der Waals surface area contributed by atoms with Gasteiger partial charge in [0.15, 0.2) is 0 Å². The maximum absolute atomic E-state index is 13.0. The van der Waals surface area contributed by atoms with Crippen LogP contribution in [0.1, 0.15) is 71.1 Å². The quantitative estimate of drug-likeness (QED) is 0.647. The first-order valence-corrected chi connectivity index (χ1v) is 12.5. The Morgan fingerprint density at radius 1 is 0.971 bits per heavy atom. The Bertz CT molecular complexity index is 1090. The fourth-order valence-electron chi connectivity index (χ4n) is 5.73. The average Bonchev–Trinajstić information content (AvgIpc) is 3.15. The second-order valence-electron chi connectivity index (χ2n) is 10.1. The van der Waals surface area contributed by atoms with E-state index in [9.17, 15) is 14.4 Å². The zero-order valence-electron chi connectivity index (χ0n) is 19.8. The topological polar surface area (TPSA) is 78.5 Å². The van der Waals surface area contributed by atoms with Gasteiger partial charge in [-0.25, -0.2) is 0 Å². The van der Waals surface area contributed by atoms with Gasteiger partial charge in [0.05, 0.1) is 0 Å². The highest BCUT2D eigenvalue weighted by atomic mass is 16.2. The molecule has 1 saturated heterocycles. The largest absolute Gasteiger partial charge is 0.322 e. The van der Waals surface area contributed by atoms with Crippen molar-refractivity contribution in [3.63, 3.8) is 0 Å². The Kier molecular flexibility index (Phi) is 6.50. The second-order valence-corrected chi connectivity index (χ2v) is 10.1. The van der Waals surface area contributed by atoms with Gasteiger partial charge >= 0.3 is 0 Å². The number of aryl methyl sites for hydroxylation is 1. The molecule has 5 rings (SSSR count). The first kappa shape index (κ1) is 22.8. The minimum Gasteiger partial charge on any atom is -0.322 e. The van der Waals surface area contributed by atoms with Gasteiger partial charge in [0.2, 0.25) is 11.8 Å². The first-order valence-electron chi connectivity index (χ1n) is 12.5. The number of hydrogen-bond donors (Lipinski definition) is 2. The number of carbonyl (C=O) groups is 3. The Labute approximate surface area is 201 Å². The van der Waals surface area contributed by atoms with Crippen molar-refractivity contribution in [2.24, 2.45) is 5.92 Å². The number of piperidine rings is 1. The van der Waals surface area contributed by atoms with E-state index in [1.54, 1.807) is 4.90 Å². The van der Waals surface area contributed by atoms with Crippen LogP contribution in [0.3, 0.4) is 0 Å². The molecule has 2 fully saturated rings. The fourth-order valence-corrected chi connectivity index (χ4v) is 5.73. The van der Waals surface area contributed by atoms with Crippen LogP contribution in [-0.2, 0) is 29.1 Å². The van der Waals surface area contributed by atoms with Crippen molar-refractivity contribution < 1.29 is 14.4 Å². The maximum Gasteiger partial charge on any atom is 0.255 e. The molecule has 2 aromatic rings. The summed E-state index contributed by atoms with van der Waals surface area (Å²) in [5.41, 5.74) is 5.54. The van der Waals surface area contributed by atoms with Crippen LogP contribution in [0.25, 0.3) is 0 Å². The molecule has 34 heavy (non-hydrogen) atoms. The molecule has 6 heteroatoms. The lowest BCUT2D eigenvalue weighted by molar-refractivity contribution is -0.136. The molecule has 0 spiro atoms. The molecule has 0 radical (unpaired) electrons. The first-order chi connectivity index (χ1) is 16.5. The highest BCUT2D eigenvalue weighted by molar-refractivity contribution is 6.05. The monoisotopic (exact) mass is 459 g/mol. The van der Waals surface area contributed by atoms with E-state index < -0.39 is 6.04 Å². The molecule has 3 amide bonds. The van der Waals surface area contributed by atoms with E-state index in [1.165, 1.54) is 42.4 Å². The highest BCUT2D eigenvalue weighted by Gasteiger charge is 2.39. The van der Waals surface area contributed by atoms with Crippen LogP contribution in [-0.4, -0.2) is 34.7 Å². The van der Waals surface area contributed by atoms with Gasteiger partial charge in [0, 0.05) is 31.1 Å². The van der Waals surface area contributed by atoms with Crippen molar-refractivity contribution in [3.8, 4) is 0 Å². The highest BCUT2D eigenvalue weighted by Crippen LogP contribution is 2.32. The van der Waals surface area contributed by atoms with Crippen molar-refractivity contribution in [1.82, 2.24) is 15.5 Å². The minimum atomic E-state index is -0.560.